The largest absolute Gasteiger partial charge is 0.473 e. The molecular weight excluding hydrogens is 378 g/mol. The lowest BCUT2D eigenvalue weighted by Crippen LogP contribution is -2.21. The maximum Gasteiger partial charge on any atom is 0.276 e. The van der Waals surface area contributed by atoms with Gasteiger partial charge in [-0.25, -0.2) is 15.0 Å². The normalized spacial score (nSPS) is 10.4. The molecule has 144 valence electrons. The first-order chi connectivity index (χ1) is 13.4. The van der Waals surface area contributed by atoms with Crippen molar-refractivity contribution in [1.29, 1.82) is 0 Å². The number of hydrogen-bond acceptors (Lipinski definition) is 7. The number of carbonyl (C=O) groups excluding carboxylic acids is 2. The molecule has 0 fully saturated rings. The number of nitrogens with one attached hydrogen (secondary N) is 1. The number of hydrogen-bond donors (Lipinski definition) is 1. The lowest BCUT2D eigenvalue weighted by molar-refractivity contribution is 0.0831. The van der Waals surface area contributed by atoms with Crippen LogP contribution in [0.25, 0.3) is 0 Å². The van der Waals surface area contributed by atoms with E-state index in [4.69, 9.17) is 4.74 Å². The molecule has 0 radical (unpaired) electrons. The summed E-state index contributed by atoms with van der Waals surface area (Å²) in [6, 6.07) is 11.1. The Bertz CT molecular complexity index is 988. The van der Waals surface area contributed by atoms with Crippen LogP contribution >= 0.6 is 11.3 Å². The van der Waals surface area contributed by atoms with Gasteiger partial charge in [-0.15, -0.1) is 0 Å². The highest BCUT2D eigenvalue weighted by Gasteiger charge is 2.19. The van der Waals surface area contributed by atoms with E-state index in [0.29, 0.717) is 28.2 Å². The monoisotopic (exact) mass is 397 g/mol. The number of aromatic nitrogens is 3. The lowest BCUT2D eigenvalue weighted by atomic mass is 10.2. The molecule has 0 atom stereocenters. The van der Waals surface area contributed by atoms with Gasteiger partial charge in [-0.3, -0.25) is 14.9 Å². The van der Waals surface area contributed by atoms with Gasteiger partial charge in [0.25, 0.3) is 11.8 Å². The van der Waals surface area contributed by atoms with E-state index in [9.17, 15) is 9.59 Å². The van der Waals surface area contributed by atoms with Crippen molar-refractivity contribution in [2.24, 2.45) is 0 Å². The van der Waals surface area contributed by atoms with Crippen LogP contribution in [0.3, 0.4) is 0 Å². The summed E-state index contributed by atoms with van der Waals surface area (Å²) in [7, 11) is 3.33. The average Bonchev–Trinajstić information content (AvgIpc) is 3.06. The van der Waals surface area contributed by atoms with Crippen LogP contribution in [0.5, 0.6) is 5.88 Å². The smallest absolute Gasteiger partial charge is 0.276 e. The lowest BCUT2D eigenvalue weighted by Gasteiger charge is -2.07. The SMILES string of the molecule is Cc1nc(NC(=O)c2cc(OCc3ccccc3)ncn2)sc1C(=O)N(C)C. The van der Waals surface area contributed by atoms with Gasteiger partial charge in [0.05, 0.1) is 5.69 Å². The van der Waals surface area contributed by atoms with Crippen LogP contribution in [0.15, 0.2) is 42.7 Å². The fourth-order valence-electron chi connectivity index (χ4n) is 2.29. The second-order valence-corrected chi connectivity index (χ2v) is 7.10. The van der Waals surface area contributed by atoms with Crippen molar-refractivity contribution < 1.29 is 14.3 Å². The Hall–Kier alpha value is -3.33. The first-order valence-electron chi connectivity index (χ1n) is 8.43. The second kappa shape index (κ2) is 8.57. The standard InChI is InChI=1S/C19H19N5O3S/c1-12-16(18(26)24(2)3)28-19(22-12)23-17(25)14-9-15(21-11-20-14)27-10-13-7-5-4-6-8-13/h4-9,11H,10H2,1-3H3,(H,22,23,25). The number of carbonyl (C=O) groups is 2. The topological polar surface area (TPSA) is 97.3 Å². The van der Waals surface area contributed by atoms with Crippen molar-refractivity contribution in [3.63, 3.8) is 0 Å². The number of anilines is 1. The Morgan fingerprint density at radius 2 is 1.93 bits per heavy atom. The highest BCUT2D eigenvalue weighted by Crippen LogP contribution is 2.24. The molecule has 3 aromatic rings. The summed E-state index contributed by atoms with van der Waals surface area (Å²) in [5, 5.41) is 3.00. The van der Waals surface area contributed by atoms with E-state index in [2.05, 4.69) is 20.3 Å². The van der Waals surface area contributed by atoms with Crippen LogP contribution in [-0.2, 0) is 6.61 Å². The predicted molar refractivity (Wildman–Crippen MR) is 106 cm³/mol. The van der Waals surface area contributed by atoms with Crippen molar-refractivity contribution in [2.45, 2.75) is 13.5 Å². The van der Waals surface area contributed by atoms with Gasteiger partial charge < -0.3 is 9.64 Å². The molecule has 2 amide bonds. The maximum absolute atomic E-state index is 12.5. The minimum Gasteiger partial charge on any atom is -0.473 e. The summed E-state index contributed by atoms with van der Waals surface area (Å²) >= 11 is 1.12. The van der Waals surface area contributed by atoms with Crippen molar-refractivity contribution in [3.05, 3.63) is 64.6 Å². The maximum atomic E-state index is 12.5. The molecule has 9 heteroatoms. The molecule has 28 heavy (non-hydrogen) atoms. The molecule has 0 spiro atoms. The minimum atomic E-state index is -0.454. The van der Waals surface area contributed by atoms with Gasteiger partial charge in [0.2, 0.25) is 5.88 Å². The van der Waals surface area contributed by atoms with Crippen LogP contribution in [-0.4, -0.2) is 45.8 Å². The zero-order valence-electron chi connectivity index (χ0n) is 15.7. The number of nitrogens with zero attached hydrogens (tertiary/aromatic N) is 4. The predicted octanol–water partition coefficient (Wildman–Crippen LogP) is 2.77. The fraction of sp³-hybridized carbons (Fsp3) is 0.211. The summed E-state index contributed by atoms with van der Waals surface area (Å²) < 4.78 is 5.62. The van der Waals surface area contributed by atoms with Gasteiger partial charge in [-0.2, -0.15) is 0 Å². The quantitative estimate of drug-likeness (QED) is 0.687. The van der Waals surface area contributed by atoms with Gasteiger partial charge >= 0.3 is 0 Å². The molecule has 0 aliphatic rings. The summed E-state index contributed by atoms with van der Waals surface area (Å²) in [6.07, 6.45) is 1.27. The number of benzene rings is 1. The Morgan fingerprint density at radius 3 is 2.64 bits per heavy atom. The summed E-state index contributed by atoms with van der Waals surface area (Å²) in [5.74, 6) is -0.318. The van der Waals surface area contributed by atoms with E-state index in [1.165, 1.54) is 17.3 Å². The van der Waals surface area contributed by atoms with E-state index in [-0.39, 0.29) is 11.6 Å². The number of thiazole rings is 1. The molecule has 0 saturated carbocycles. The molecule has 1 N–H and O–H groups in total. The van der Waals surface area contributed by atoms with Gasteiger partial charge in [0, 0.05) is 20.2 Å². The average molecular weight is 397 g/mol. The Morgan fingerprint density at radius 1 is 1.18 bits per heavy atom. The fourth-order valence-corrected chi connectivity index (χ4v) is 3.27. The summed E-state index contributed by atoms with van der Waals surface area (Å²) in [6.45, 7) is 2.06. The van der Waals surface area contributed by atoms with Crippen LogP contribution < -0.4 is 10.1 Å². The molecule has 3 rings (SSSR count). The highest BCUT2D eigenvalue weighted by atomic mass is 32.1. The molecule has 1 aromatic carbocycles. The number of aryl methyl sites for hydroxylation is 1. The number of rotatable bonds is 6. The van der Waals surface area contributed by atoms with Crippen molar-refractivity contribution >= 4 is 28.3 Å². The molecule has 0 unspecified atom stereocenters. The first kappa shape index (κ1) is 19.4. The molecule has 2 aromatic heterocycles. The van der Waals surface area contributed by atoms with Gasteiger partial charge in [0.15, 0.2) is 5.13 Å². The van der Waals surface area contributed by atoms with Crippen LogP contribution in [0, 0.1) is 6.92 Å². The number of ether oxygens (including phenoxy) is 1. The van der Waals surface area contributed by atoms with Crippen LogP contribution in [0.2, 0.25) is 0 Å². The third-order valence-corrected chi connectivity index (χ3v) is 4.78. The number of amides is 2. The van der Waals surface area contributed by atoms with E-state index in [0.717, 1.165) is 16.9 Å². The van der Waals surface area contributed by atoms with E-state index >= 15 is 0 Å². The Labute approximate surface area is 166 Å². The first-order valence-corrected chi connectivity index (χ1v) is 9.25. The summed E-state index contributed by atoms with van der Waals surface area (Å²) in [5.41, 5.74) is 1.70. The molecule has 2 heterocycles. The van der Waals surface area contributed by atoms with Crippen molar-refractivity contribution in [3.8, 4) is 5.88 Å². The summed E-state index contributed by atoms with van der Waals surface area (Å²) in [4.78, 5) is 38.8. The zero-order chi connectivity index (χ0) is 20.1. The molecular formula is C19H19N5O3S. The highest BCUT2D eigenvalue weighted by molar-refractivity contribution is 7.17. The van der Waals surface area contributed by atoms with Gasteiger partial charge in [0.1, 0.15) is 23.5 Å². The second-order valence-electron chi connectivity index (χ2n) is 6.10. The third kappa shape index (κ3) is 4.68. The molecule has 0 saturated heterocycles. The third-order valence-electron chi connectivity index (χ3n) is 3.72. The van der Waals surface area contributed by atoms with Gasteiger partial charge in [-0.1, -0.05) is 41.7 Å². The van der Waals surface area contributed by atoms with Crippen molar-refractivity contribution in [2.75, 3.05) is 19.4 Å². The molecule has 0 bridgehead atoms. The minimum absolute atomic E-state index is 0.145. The van der Waals surface area contributed by atoms with Gasteiger partial charge in [-0.05, 0) is 12.5 Å². The van der Waals surface area contributed by atoms with E-state index in [1.807, 2.05) is 30.3 Å². The molecule has 8 nitrogen and oxygen atoms in total. The molecule has 0 aliphatic carbocycles. The van der Waals surface area contributed by atoms with Crippen LogP contribution in [0.4, 0.5) is 5.13 Å². The zero-order valence-corrected chi connectivity index (χ0v) is 16.5. The van der Waals surface area contributed by atoms with Crippen LogP contribution in [0.1, 0.15) is 31.4 Å². The van der Waals surface area contributed by atoms with E-state index < -0.39 is 5.91 Å². The molecule has 0 aliphatic heterocycles. The Kier molecular flexibility index (Phi) is 5.95. The van der Waals surface area contributed by atoms with Crippen molar-refractivity contribution in [1.82, 2.24) is 19.9 Å². The van der Waals surface area contributed by atoms with E-state index in [1.54, 1.807) is 21.0 Å². The Balaban J connectivity index is 1.68.